The zero-order valence-corrected chi connectivity index (χ0v) is 22.0. The fourth-order valence-electron chi connectivity index (χ4n) is 3.77. The van der Waals surface area contributed by atoms with E-state index in [4.69, 9.17) is 10.5 Å². The SMILES string of the molecule is CN(C)c1nc(NC(=O)N2CCN(c3ncccc3OCc3ccnc(N)n3)CC2)cc(C(C)(C)C)n1. The fourth-order valence-corrected chi connectivity index (χ4v) is 3.77. The maximum atomic E-state index is 13.1. The fraction of sp³-hybridized carbons (Fsp3) is 0.440. The number of aromatic nitrogens is 5. The first-order valence-corrected chi connectivity index (χ1v) is 12.1. The largest absolute Gasteiger partial charge is 0.483 e. The van der Waals surface area contributed by atoms with E-state index in [9.17, 15) is 4.79 Å². The summed E-state index contributed by atoms with van der Waals surface area (Å²) in [7, 11) is 3.76. The summed E-state index contributed by atoms with van der Waals surface area (Å²) in [6.07, 6.45) is 3.33. The number of hydrogen-bond acceptors (Lipinski definition) is 10. The van der Waals surface area contributed by atoms with E-state index in [0.717, 1.165) is 11.5 Å². The van der Waals surface area contributed by atoms with E-state index in [1.165, 1.54) is 0 Å². The lowest BCUT2D eigenvalue weighted by Crippen LogP contribution is -2.50. The van der Waals surface area contributed by atoms with Crippen molar-refractivity contribution >= 4 is 29.6 Å². The summed E-state index contributed by atoms with van der Waals surface area (Å²) in [6, 6.07) is 7.10. The molecule has 4 heterocycles. The van der Waals surface area contributed by atoms with Crippen molar-refractivity contribution in [2.45, 2.75) is 32.8 Å². The minimum absolute atomic E-state index is 0.179. The molecule has 0 atom stereocenters. The molecule has 196 valence electrons. The molecule has 0 aromatic carbocycles. The van der Waals surface area contributed by atoms with Gasteiger partial charge in [-0.25, -0.2) is 24.7 Å². The van der Waals surface area contributed by atoms with Crippen LogP contribution in [0.15, 0.2) is 36.7 Å². The van der Waals surface area contributed by atoms with Crippen LogP contribution >= 0.6 is 0 Å². The molecule has 12 heteroatoms. The van der Waals surface area contributed by atoms with Crippen LogP contribution in [0.5, 0.6) is 5.75 Å². The highest BCUT2D eigenvalue weighted by atomic mass is 16.5. The quantitative estimate of drug-likeness (QED) is 0.513. The summed E-state index contributed by atoms with van der Waals surface area (Å²) < 4.78 is 5.99. The Balaban J connectivity index is 1.39. The number of pyridine rings is 1. The number of piperazine rings is 1. The van der Waals surface area contributed by atoms with Crippen molar-refractivity contribution in [2.24, 2.45) is 0 Å². The van der Waals surface area contributed by atoms with Crippen molar-refractivity contribution in [1.82, 2.24) is 29.8 Å². The van der Waals surface area contributed by atoms with Gasteiger partial charge in [-0.2, -0.15) is 4.98 Å². The minimum Gasteiger partial charge on any atom is -0.483 e. The Hall–Kier alpha value is -4.22. The van der Waals surface area contributed by atoms with Gasteiger partial charge in [0, 0.05) is 64.1 Å². The molecule has 12 nitrogen and oxygen atoms in total. The number of anilines is 4. The van der Waals surface area contributed by atoms with Crippen LogP contribution in [0, 0.1) is 0 Å². The van der Waals surface area contributed by atoms with Crippen LogP contribution in [0.25, 0.3) is 0 Å². The molecule has 0 aliphatic carbocycles. The minimum atomic E-state index is -0.193. The second-order valence-electron chi connectivity index (χ2n) is 10.0. The zero-order valence-electron chi connectivity index (χ0n) is 22.0. The van der Waals surface area contributed by atoms with Gasteiger partial charge in [-0.15, -0.1) is 0 Å². The Kier molecular flexibility index (Phi) is 7.55. The summed E-state index contributed by atoms with van der Waals surface area (Å²) in [5, 5.41) is 2.96. The van der Waals surface area contributed by atoms with Crippen molar-refractivity contribution in [2.75, 3.05) is 61.1 Å². The van der Waals surface area contributed by atoms with Gasteiger partial charge in [0.05, 0.1) is 11.4 Å². The average Bonchev–Trinajstić information content (AvgIpc) is 2.87. The number of nitrogens with one attached hydrogen (secondary N) is 1. The first-order chi connectivity index (χ1) is 17.6. The van der Waals surface area contributed by atoms with Gasteiger partial charge in [0.2, 0.25) is 11.9 Å². The van der Waals surface area contributed by atoms with E-state index in [0.29, 0.717) is 49.4 Å². The first kappa shape index (κ1) is 25.9. The highest BCUT2D eigenvalue weighted by molar-refractivity contribution is 5.88. The Morgan fingerprint density at radius 3 is 2.51 bits per heavy atom. The van der Waals surface area contributed by atoms with Crippen LogP contribution in [-0.2, 0) is 12.0 Å². The third-order valence-electron chi connectivity index (χ3n) is 5.84. The number of hydrogen-bond donors (Lipinski definition) is 2. The molecule has 3 aromatic rings. The van der Waals surface area contributed by atoms with Gasteiger partial charge in [-0.1, -0.05) is 20.8 Å². The number of nitrogens with two attached hydrogens (primary N) is 1. The summed E-state index contributed by atoms with van der Waals surface area (Å²) in [5.74, 6) is 2.62. The molecule has 1 aliphatic rings. The standard InChI is InChI=1S/C25H34N10O2/c1-25(2,3)19-15-20(31-23(30-19)33(4)5)32-24(36)35-13-11-34(12-14-35)21-18(7-6-9-27-21)37-16-17-8-10-28-22(26)29-17/h6-10,15H,11-14,16H2,1-5H3,(H2,26,28,29)(H,30,31,32,36). The number of nitrogen functional groups attached to an aromatic ring is 1. The van der Waals surface area contributed by atoms with Gasteiger partial charge in [0.25, 0.3) is 0 Å². The third-order valence-corrected chi connectivity index (χ3v) is 5.84. The van der Waals surface area contributed by atoms with E-state index < -0.39 is 0 Å². The molecule has 0 radical (unpaired) electrons. The predicted molar refractivity (Wildman–Crippen MR) is 143 cm³/mol. The Morgan fingerprint density at radius 2 is 1.84 bits per heavy atom. The molecular formula is C25H34N10O2. The average molecular weight is 507 g/mol. The lowest BCUT2D eigenvalue weighted by Gasteiger charge is -2.35. The lowest BCUT2D eigenvalue weighted by molar-refractivity contribution is 0.207. The monoisotopic (exact) mass is 506 g/mol. The third kappa shape index (κ3) is 6.51. The summed E-state index contributed by atoms with van der Waals surface area (Å²) in [5.41, 5.74) is 7.02. The molecule has 3 aromatic heterocycles. The molecule has 0 unspecified atom stereocenters. The van der Waals surface area contributed by atoms with Crippen LogP contribution < -0.4 is 25.6 Å². The molecule has 0 spiro atoms. The Labute approximate surface area is 216 Å². The maximum Gasteiger partial charge on any atom is 0.323 e. The Bertz CT molecular complexity index is 1240. The van der Waals surface area contributed by atoms with Crippen LogP contribution in [0.3, 0.4) is 0 Å². The van der Waals surface area contributed by atoms with Crippen molar-refractivity contribution in [3.8, 4) is 5.75 Å². The van der Waals surface area contributed by atoms with E-state index in [1.54, 1.807) is 23.4 Å². The highest BCUT2D eigenvalue weighted by Gasteiger charge is 2.25. The van der Waals surface area contributed by atoms with E-state index in [1.807, 2.05) is 37.2 Å². The smallest absolute Gasteiger partial charge is 0.323 e. The van der Waals surface area contributed by atoms with E-state index in [2.05, 4.69) is 55.9 Å². The number of amides is 2. The number of nitrogens with zero attached hydrogens (tertiary/aromatic N) is 8. The van der Waals surface area contributed by atoms with E-state index in [-0.39, 0.29) is 24.0 Å². The molecule has 1 aliphatic heterocycles. The maximum absolute atomic E-state index is 13.1. The van der Waals surface area contributed by atoms with Gasteiger partial charge in [-0.3, -0.25) is 5.32 Å². The number of carbonyl (C=O) groups is 1. The number of carbonyl (C=O) groups excluding carboxylic acids is 1. The molecule has 37 heavy (non-hydrogen) atoms. The van der Waals surface area contributed by atoms with E-state index >= 15 is 0 Å². The van der Waals surface area contributed by atoms with Gasteiger partial charge in [0.15, 0.2) is 11.6 Å². The molecule has 1 saturated heterocycles. The summed E-state index contributed by atoms with van der Waals surface area (Å²) in [4.78, 5) is 40.5. The molecular weight excluding hydrogens is 472 g/mol. The molecule has 2 amide bonds. The lowest BCUT2D eigenvalue weighted by atomic mass is 9.92. The van der Waals surface area contributed by atoms with Crippen molar-refractivity contribution in [1.29, 1.82) is 0 Å². The van der Waals surface area contributed by atoms with Gasteiger partial charge < -0.3 is 25.2 Å². The first-order valence-electron chi connectivity index (χ1n) is 12.1. The van der Waals surface area contributed by atoms with Crippen molar-refractivity contribution in [3.63, 3.8) is 0 Å². The zero-order chi connectivity index (χ0) is 26.6. The predicted octanol–water partition coefficient (Wildman–Crippen LogP) is 2.54. The molecule has 4 rings (SSSR count). The van der Waals surface area contributed by atoms with Crippen molar-refractivity contribution in [3.05, 3.63) is 48.0 Å². The van der Waals surface area contributed by atoms with Crippen LogP contribution in [0.2, 0.25) is 0 Å². The number of ether oxygens (including phenoxy) is 1. The van der Waals surface area contributed by atoms with Crippen LogP contribution in [-0.4, -0.2) is 76.1 Å². The van der Waals surface area contributed by atoms with Crippen LogP contribution in [0.4, 0.5) is 28.3 Å². The van der Waals surface area contributed by atoms with Gasteiger partial charge >= 0.3 is 6.03 Å². The highest BCUT2D eigenvalue weighted by Crippen LogP contribution is 2.28. The summed E-state index contributed by atoms with van der Waals surface area (Å²) >= 11 is 0. The number of rotatable bonds is 6. The normalized spacial score (nSPS) is 13.9. The van der Waals surface area contributed by atoms with Gasteiger partial charge in [-0.05, 0) is 18.2 Å². The second-order valence-corrected chi connectivity index (χ2v) is 10.0. The molecule has 1 fully saturated rings. The number of urea groups is 1. The Morgan fingerprint density at radius 1 is 1.08 bits per heavy atom. The molecule has 3 N–H and O–H groups in total. The van der Waals surface area contributed by atoms with Crippen LogP contribution in [0.1, 0.15) is 32.2 Å². The summed E-state index contributed by atoms with van der Waals surface area (Å²) in [6.45, 7) is 8.78. The second kappa shape index (κ2) is 10.8. The van der Waals surface area contributed by atoms with Gasteiger partial charge in [0.1, 0.15) is 12.4 Å². The molecule has 0 saturated carbocycles. The topological polar surface area (TPSA) is 139 Å². The van der Waals surface area contributed by atoms with Crippen molar-refractivity contribution < 1.29 is 9.53 Å². The molecule has 0 bridgehead atoms.